The van der Waals surface area contributed by atoms with E-state index in [0.29, 0.717) is 15.6 Å². The van der Waals surface area contributed by atoms with Crippen molar-refractivity contribution < 1.29 is 21.8 Å². The highest BCUT2D eigenvalue weighted by atomic mass is 35.5. The van der Waals surface area contributed by atoms with Gasteiger partial charge in [-0.15, -0.1) is 0 Å². The molecule has 2 nitrogen and oxygen atoms in total. The number of benzene rings is 1. The molecule has 2 rings (SSSR count). The topological polar surface area (TPSA) is 20.9 Å². The van der Waals surface area contributed by atoms with Gasteiger partial charge in [-0.3, -0.25) is 4.79 Å². The second-order valence-corrected chi connectivity index (χ2v) is 5.89. The molecule has 0 atom stereocenters. The number of halogens is 3. The van der Waals surface area contributed by atoms with Crippen molar-refractivity contribution in [1.82, 2.24) is 0 Å². The molecule has 0 radical (unpaired) electrons. The molecule has 0 aliphatic carbocycles. The molecule has 2 aromatic rings. The number of hydrogen-bond donors (Lipinski definition) is 0. The molecule has 0 saturated carbocycles. The molecule has 0 unspecified atom stereocenters. The minimum Gasteiger partial charge on any atom is -1.00 e. The van der Waals surface area contributed by atoms with Crippen LogP contribution in [0.2, 0.25) is 10.0 Å². The van der Waals surface area contributed by atoms with Gasteiger partial charge in [0.05, 0.1) is 20.5 Å². The monoisotopic (exact) mass is 335 g/mol. The van der Waals surface area contributed by atoms with Crippen LogP contribution in [0.15, 0.2) is 23.7 Å². The maximum absolute atomic E-state index is 12.2. The number of Topliss-reactive ketones (excluding diaryl/α,β-unsaturated/α-hetero) is 1. The normalized spacial score (nSPS) is 10.1. The maximum Gasteiger partial charge on any atom is 0.230 e. The number of aryl methyl sites for hydroxylation is 1. The predicted octanol–water partition coefficient (Wildman–Crippen LogP) is 0.846. The van der Waals surface area contributed by atoms with Gasteiger partial charge in [-0.05, 0) is 19.1 Å². The molecule has 19 heavy (non-hydrogen) atoms. The molecule has 0 N–H and O–H groups in total. The van der Waals surface area contributed by atoms with E-state index in [1.54, 1.807) is 29.5 Å². The van der Waals surface area contributed by atoms with Crippen LogP contribution in [0, 0.1) is 13.8 Å². The van der Waals surface area contributed by atoms with Crippen LogP contribution in [0.5, 0.6) is 0 Å². The lowest BCUT2D eigenvalue weighted by Gasteiger charge is -2.03. The molecule has 0 saturated heterocycles. The third-order valence-corrected chi connectivity index (χ3v) is 4.49. The van der Waals surface area contributed by atoms with Crippen molar-refractivity contribution in [3.05, 3.63) is 49.9 Å². The van der Waals surface area contributed by atoms with E-state index in [0.717, 1.165) is 5.69 Å². The molecular formula is C13H12Cl3NOS. The zero-order valence-corrected chi connectivity index (χ0v) is 13.5. The van der Waals surface area contributed by atoms with E-state index in [-0.39, 0.29) is 24.7 Å². The Labute approximate surface area is 132 Å². The molecule has 0 aliphatic rings. The number of rotatable bonds is 3. The first-order valence-corrected chi connectivity index (χ1v) is 7.05. The third kappa shape index (κ3) is 3.48. The first-order valence-electron chi connectivity index (χ1n) is 5.42. The fourth-order valence-corrected chi connectivity index (χ4v) is 3.08. The van der Waals surface area contributed by atoms with Gasteiger partial charge in [0, 0.05) is 6.92 Å². The van der Waals surface area contributed by atoms with Crippen LogP contribution in [-0.2, 0) is 6.54 Å². The first-order chi connectivity index (χ1) is 8.50. The average molecular weight is 337 g/mol. The summed E-state index contributed by atoms with van der Waals surface area (Å²) in [6.45, 7) is 4.29. The van der Waals surface area contributed by atoms with Crippen molar-refractivity contribution in [3.8, 4) is 0 Å². The second-order valence-electron chi connectivity index (χ2n) is 4.01. The number of carbonyl (C=O) groups excluding carboxylic acids is 1. The molecular weight excluding hydrogens is 325 g/mol. The van der Waals surface area contributed by atoms with Crippen LogP contribution in [0.4, 0.5) is 0 Å². The summed E-state index contributed by atoms with van der Waals surface area (Å²) in [4.78, 5) is 13.4. The minimum absolute atomic E-state index is 0. The first kappa shape index (κ1) is 16.4. The van der Waals surface area contributed by atoms with Gasteiger partial charge in [0.15, 0.2) is 5.69 Å². The number of hydrogen-bond acceptors (Lipinski definition) is 2. The molecule has 0 spiro atoms. The van der Waals surface area contributed by atoms with E-state index in [9.17, 15) is 4.79 Å². The summed E-state index contributed by atoms with van der Waals surface area (Å²) in [5.74, 6) is -0.0727. The molecule has 0 aliphatic heterocycles. The van der Waals surface area contributed by atoms with Gasteiger partial charge in [-0.25, -0.2) is 0 Å². The van der Waals surface area contributed by atoms with E-state index in [1.165, 1.54) is 4.88 Å². The standard InChI is InChI=1S/C13H12Cl2NOS.ClH/c1-8-9(2)18-7-16(8)6-12(17)13-10(14)4-3-5-11(13)15;/h3-5,7H,6H2,1-2H3;1H/q+1;/p-1. The lowest BCUT2D eigenvalue weighted by atomic mass is 10.1. The highest BCUT2D eigenvalue weighted by Gasteiger charge is 2.21. The lowest BCUT2D eigenvalue weighted by Crippen LogP contribution is -3.00. The van der Waals surface area contributed by atoms with Crippen LogP contribution < -0.4 is 17.0 Å². The average Bonchev–Trinajstić information content (AvgIpc) is 2.61. The molecule has 0 amide bonds. The number of ketones is 1. The van der Waals surface area contributed by atoms with Crippen LogP contribution in [0.25, 0.3) is 0 Å². The molecule has 1 aromatic heterocycles. The Balaban J connectivity index is 0.00000180. The van der Waals surface area contributed by atoms with Crippen LogP contribution in [-0.4, -0.2) is 5.78 Å². The van der Waals surface area contributed by atoms with Gasteiger partial charge in [0.1, 0.15) is 0 Å². The number of thiazole rings is 1. The van der Waals surface area contributed by atoms with Gasteiger partial charge in [0.25, 0.3) is 0 Å². The second kappa shape index (κ2) is 6.71. The van der Waals surface area contributed by atoms with Crippen molar-refractivity contribution in [2.24, 2.45) is 0 Å². The molecule has 0 fully saturated rings. The van der Waals surface area contributed by atoms with Crippen LogP contribution >= 0.6 is 34.5 Å². The number of nitrogens with zero attached hydrogens (tertiary/aromatic N) is 1. The summed E-state index contributed by atoms with van der Waals surface area (Å²) >= 11 is 13.7. The number of carbonyl (C=O) groups is 1. The van der Waals surface area contributed by atoms with Crippen molar-refractivity contribution in [2.75, 3.05) is 0 Å². The Morgan fingerprint density at radius 2 is 1.84 bits per heavy atom. The smallest absolute Gasteiger partial charge is 0.230 e. The van der Waals surface area contributed by atoms with E-state index in [2.05, 4.69) is 0 Å². The predicted molar refractivity (Wildman–Crippen MR) is 74.8 cm³/mol. The molecule has 0 bridgehead atoms. The molecule has 1 aromatic carbocycles. The van der Waals surface area contributed by atoms with Crippen molar-refractivity contribution >= 4 is 40.3 Å². The van der Waals surface area contributed by atoms with Crippen molar-refractivity contribution in [2.45, 2.75) is 20.4 Å². The summed E-state index contributed by atoms with van der Waals surface area (Å²) in [5, 5.41) is 0.801. The van der Waals surface area contributed by atoms with Crippen LogP contribution in [0.3, 0.4) is 0 Å². The van der Waals surface area contributed by atoms with Gasteiger partial charge >= 0.3 is 0 Å². The van der Waals surface area contributed by atoms with E-state index < -0.39 is 0 Å². The Hall–Kier alpha value is -0.610. The maximum atomic E-state index is 12.2. The van der Waals surface area contributed by atoms with Crippen LogP contribution in [0.1, 0.15) is 20.9 Å². The van der Waals surface area contributed by atoms with E-state index in [1.807, 2.05) is 23.9 Å². The summed E-state index contributed by atoms with van der Waals surface area (Å²) in [6, 6.07) is 5.09. The highest BCUT2D eigenvalue weighted by Crippen LogP contribution is 2.24. The Bertz CT molecular complexity index is 590. The summed E-state index contributed by atoms with van der Waals surface area (Å²) in [6.07, 6.45) is 0. The Morgan fingerprint density at radius 1 is 1.26 bits per heavy atom. The zero-order valence-electron chi connectivity index (χ0n) is 10.4. The summed E-state index contributed by atoms with van der Waals surface area (Å²) < 4.78 is 1.92. The van der Waals surface area contributed by atoms with E-state index in [4.69, 9.17) is 23.2 Å². The number of aromatic nitrogens is 1. The van der Waals surface area contributed by atoms with Crippen molar-refractivity contribution in [3.63, 3.8) is 0 Å². The third-order valence-electron chi connectivity index (χ3n) is 2.85. The van der Waals surface area contributed by atoms with Crippen molar-refractivity contribution in [1.29, 1.82) is 0 Å². The Morgan fingerprint density at radius 3 is 2.32 bits per heavy atom. The van der Waals surface area contributed by atoms with E-state index >= 15 is 0 Å². The molecule has 6 heteroatoms. The van der Waals surface area contributed by atoms with Gasteiger partial charge in [-0.2, -0.15) is 4.57 Å². The SMILES string of the molecule is Cc1sc[n+](CC(=O)c2c(Cl)cccc2Cl)c1C.[Cl-]. The minimum atomic E-state index is -0.0727. The van der Waals surface area contributed by atoms with Gasteiger partial charge < -0.3 is 12.4 Å². The quantitative estimate of drug-likeness (QED) is 0.601. The zero-order chi connectivity index (χ0) is 13.3. The van der Waals surface area contributed by atoms with Gasteiger partial charge in [0.2, 0.25) is 17.8 Å². The van der Waals surface area contributed by atoms with Gasteiger partial charge in [-0.1, -0.05) is 40.6 Å². The fourth-order valence-electron chi connectivity index (χ4n) is 1.66. The summed E-state index contributed by atoms with van der Waals surface area (Å²) in [5.41, 5.74) is 3.43. The Kier molecular flexibility index (Phi) is 5.81. The lowest BCUT2D eigenvalue weighted by molar-refractivity contribution is -0.684. The largest absolute Gasteiger partial charge is 1.00 e. The molecule has 1 heterocycles. The molecule has 102 valence electrons. The summed E-state index contributed by atoms with van der Waals surface area (Å²) in [7, 11) is 0. The highest BCUT2D eigenvalue weighted by molar-refractivity contribution is 7.09. The fraction of sp³-hybridized carbons (Fsp3) is 0.231.